The van der Waals surface area contributed by atoms with Crippen LogP contribution in [0.4, 0.5) is 15.9 Å². The second-order valence-corrected chi connectivity index (χ2v) is 9.30. The second kappa shape index (κ2) is 8.02. The number of hydrogen-bond acceptors (Lipinski definition) is 6. The van der Waals surface area contributed by atoms with Crippen LogP contribution < -0.4 is 9.80 Å². The van der Waals surface area contributed by atoms with E-state index >= 15 is 0 Å². The lowest BCUT2D eigenvalue weighted by Gasteiger charge is -2.36. The van der Waals surface area contributed by atoms with Gasteiger partial charge in [0.05, 0.1) is 10.6 Å². The van der Waals surface area contributed by atoms with E-state index in [4.69, 9.17) is 0 Å². The molecule has 1 saturated heterocycles. The molecule has 2 heterocycles. The summed E-state index contributed by atoms with van der Waals surface area (Å²) >= 11 is 0. The fraction of sp³-hybridized carbons (Fsp3) is 0.273. The van der Waals surface area contributed by atoms with E-state index in [0.29, 0.717) is 37.7 Å². The Morgan fingerprint density at radius 1 is 0.833 bits per heavy atom. The van der Waals surface area contributed by atoms with E-state index in [1.165, 1.54) is 12.1 Å². The van der Waals surface area contributed by atoms with E-state index in [0.717, 1.165) is 11.1 Å². The maximum absolute atomic E-state index is 14.0. The lowest BCUT2D eigenvalue weighted by atomic mass is 10.1. The average molecular weight is 427 g/mol. The minimum absolute atomic E-state index is 0.0699. The first-order valence-electron chi connectivity index (χ1n) is 9.77. The number of benzene rings is 2. The molecule has 0 bridgehead atoms. The quantitative estimate of drug-likeness (QED) is 0.637. The molecule has 0 saturated carbocycles. The zero-order valence-corrected chi connectivity index (χ0v) is 17.7. The zero-order valence-electron chi connectivity index (χ0n) is 16.9. The summed E-state index contributed by atoms with van der Waals surface area (Å²) in [7, 11) is -3.72. The topological polar surface area (TPSA) is 66.4 Å². The molecule has 1 aromatic heterocycles. The molecule has 0 N–H and O–H groups in total. The monoisotopic (exact) mass is 426 g/mol. The highest BCUT2D eigenvalue weighted by atomic mass is 32.2. The zero-order chi connectivity index (χ0) is 21.3. The number of para-hydroxylation sites is 1. The van der Waals surface area contributed by atoms with Crippen molar-refractivity contribution in [3.8, 4) is 0 Å². The van der Waals surface area contributed by atoms with Crippen molar-refractivity contribution in [1.82, 2.24) is 10.2 Å². The fourth-order valence-electron chi connectivity index (χ4n) is 3.51. The normalized spacial score (nSPS) is 14.8. The van der Waals surface area contributed by atoms with Gasteiger partial charge < -0.3 is 9.80 Å². The van der Waals surface area contributed by atoms with Gasteiger partial charge in [-0.15, -0.1) is 10.2 Å². The maximum Gasteiger partial charge on any atom is 0.225 e. The van der Waals surface area contributed by atoms with Gasteiger partial charge in [-0.1, -0.05) is 18.2 Å². The molecule has 8 heteroatoms. The summed E-state index contributed by atoms with van der Waals surface area (Å²) in [6, 6.07) is 15.0. The minimum atomic E-state index is -3.72. The number of hydrogen-bond donors (Lipinski definition) is 0. The summed E-state index contributed by atoms with van der Waals surface area (Å²) in [5, 5.41) is 8.08. The van der Waals surface area contributed by atoms with Crippen LogP contribution >= 0.6 is 0 Å². The molecule has 0 aliphatic carbocycles. The van der Waals surface area contributed by atoms with Crippen LogP contribution in [0.3, 0.4) is 0 Å². The highest BCUT2D eigenvalue weighted by molar-refractivity contribution is 7.91. The van der Waals surface area contributed by atoms with Crippen molar-refractivity contribution < 1.29 is 12.8 Å². The first-order valence-corrected chi connectivity index (χ1v) is 11.2. The second-order valence-electron chi connectivity index (χ2n) is 7.40. The van der Waals surface area contributed by atoms with Gasteiger partial charge in [0, 0.05) is 26.2 Å². The van der Waals surface area contributed by atoms with Crippen molar-refractivity contribution in [1.29, 1.82) is 0 Å². The number of aromatic nitrogens is 2. The van der Waals surface area contributed by atoms with E-state index < -0.39 is 9.84 Å². The van der Waals surface area contributed by atoms with E-state index in [-0.39, 0.29) is 15.7 Å². The van der Waals surface area contributed by atoms with Crippen molar-refractivity contribution in [3.05, 3.63) is 71.5 Å². The van der Waals surface area contributed by atoms with E-state index in [9.17, 15) is 12.8 Å². The molecular weight excluding hydrogens is 403 g/mol. The van der Waals surface area contributed by atoms with Crippen LogP contribution in [-0.2, 0) is 9.84 Å². The minimum Gasteiger partial charge on any atom is -0.366 e. The SMILES string of the molecule is Cc1ccc(S(=O)(=O)c2ccc(N3CCN(c4ccccc4F)CC3)nn2)cc1C. The van der Waals surface area contributed by atoms with Crippen LogP contribution in [0, 0.1) is 19.7 Å². The third kappa shape index (κ3) is 3.87. The maximum atomic E-state index is 14.0. The number of aryl methyl sites for hydroxylation is 2. The third-order valence-corrected chi connectivity index (χ3v) is 7.13. The van der Waals surface area contributed by atoms with E-state index in [1.54, 1.807) is 36.4 Å². The Labute approximate surface area is 175 Å². The summed E-state index contributed by atoms with van der Waals surface area (Å²) in [5.41, 5.74) is 2.54. The molecule has 2 aromatic carbocycles. The molecule has 1 fully saturated rings. The number of sulfone groups is 1. The molecule has 30 heavy (non-hydrogen) atoms. The number of piperazine rings is 1. The van der Waals surface area contributed by atoms with Gasteiger partial charge in [0.25, 0.3) is 0 Å². The average Bonchev–Trinajstić information content (AvgIpc) is 2.76. The Balaban J connectivity index is 1.48. The van der Waals surface area contributed by atoms with Gasteiger partial charge in [0.2, 0.25) is 9.84 Å². The van der Waals surface area contributed by atoms with E-state index in [1.807, 2.05) is 29.7 Å². The molecule has 1 aliphatic rings. The largest absolute Gasteiger partial charge is 0.366 e. The Hall–Kier alpha value is -3.00. The molecule has 0 unspecified atom stereocenters. The van der Waals surface area contributed by atoms with Gasteiger partial charge >= 0.3 is 0 Å². The lowest BCUT2D eigenvalue weighted by Crippen LogP contribution is -2.47. The van der Waals surface area contributed by atoms with Gasteiger partial charge in [0.1, 0.15) is 5.82 Å². The van der Waals surface area contributed by atoms with Gasteiger partial charge in [-0.25, -0.2) is 12.8 Å². The Morgan fingerprint density at radius 2 is 1.53 bits per heavy atom. The first kappa shape index (κ1) is 20.3. The van der Waals surface area contributed by atoms with Crippen LogP contribution in [0.15, 0.2) is 64.5 Å². The van der Waals surface area contributed by atoms with Gasteiger partial charge in [0.15, 0.2) is 10.8 Å². The number of anilines is 2. The third-order valence-electron chi connectivity index (χ3n) is 5.49. The molecule has 4 rings (SSSR count). The lowest BCUT2D eigenvalue weighted by molar-refractivity contribution is 0.587. The predicted octanol–water partition coefficient (Wildman–Crippen LogP) is 3.39. The fourth-order valence-corrected chi connectivity index (χ4v) is 4.73. The van der Waals surface area contributed by atoms with Crippen LogP contribution in [0.25, 0.3) is 0 Å². The summed E-state index contributed by atoms with van der Waals surface area (Å²) in [5.74, 6) is 0.383. The molecule has 1 aliphatic heterocycles. The molecule has 156 valence electrons. The number of nitrogens with zero attached hydrogens (tertiary/aromatic N) is 4. The van der Waals surface area contributed by atoms with Crippen LogP contribution in [0.2, 0.25) is 0 Å². The van der Waals surface area contributed by atoms with E-state index in [2.05, 4.69) is 10.2 Å². The predicted molar refractivity (Wildman–Crippen MR) is 114 cm³/mol. The van der Waals surface area contributed by atoms with Gasteiger partial charge in [-0.3, -0.25) is 0 Å². The standard InChI is InChI=1S/C22H23FN4O2S/c1-16-7-8-18(15-17(16)2)30(28,29)22-10-9-21(24-25-22)27-13-11-26(12-14-27)20-6-4-3-5-19(20)23/h3-10,15H,11-14H2,1-2H3. The Bertz CT molecular complexity index is 1160. The Kier molecular flexibility index (Phi) is 5.42. The number of halogens is 1. The summed E-state index contributed by atoms with van der Waals surface area (Å²) < 4.78 is 39.7. The smallest absolute Gasteiger partial charge is 0.225 e. The van der Waals surface area contributed by atoms with Crippen molar-refractivity contribution in [3.63, 3.8) is 0 Å². The first-order chi connectivity index (χ1) is 14.4. The van der Waals surface area contributed by atoms with Crippen molar-refractivity contribution >= 4 is 21.3 Å². The van der Waals surface area contributed by atoms with Gasteiger partial charge in [-0.05, 0) is 61.4 Å². The van der Waals surface area contributed by atoms with Crippen molar-refractivity contribution in [2.75, 3.05) is 36.0 Å². The van der Waals surface area contributed by atoms with Gasteiger partial charge in [-0.2, -0.15) is 0 Å². The molecule has 6 nitrogen and oxygen atoms in total. The highest BCUT2D eigenvalue weighted by Crippen LogP contribution is 2.24. The van der Waals surface area contributed by atoms with Crippen LogP contribution in [-0.4, -0.2) is 44.8 Å². The molecule has 0 radical (unpaired) electrons. The van der Waals surface area contributed by atoms with Crippen LogP contribution in [0.5, 0.6) is 0 Å². The molecule has 0 atom stereocenters. The molecular formula is C22H23FN4O2S. The molecule has 0 spiro atoms. The number of rotatable bonds is 4. The summed E-state index contributed by atoms with van der Waals surface area (Å²) in [6.45, 7) is 6.39. The highest BCUT2D eigenvalue weighted by Gasteiger charge is 2.23. The summed E-state index contributed by atoms with van der Waals surface area (Å²) in [4.78, 5) is 4.24. The molecule has 0 amide bonds. The van der Waals surface area contributed by atoms with Crippen LogP contribution in [0.1, 0.15) is 11.1 Å². The molecule has 3 aromatic rings. The van der Waals surface area contributed by atoms with Crippen molar-refractivity contribution in [2.24, 2.45) is 0 Å². The Morgan fingerprint density at radius 3 is 2.17 bits per heavy atom. The summed E-state index contributed by atoms with van der Waals surface area (Å²) in [6.07, 6.45) is 0. The van der Waals surface area contributed by atoms with Crippen molar-refractivity contribution in [2.45, 2.75) is 23.8 Å².